The van der Waals surface area contributed by atoms with Crippen molar-refractivity contribution in [1.29, 1.82) is 0 Å². The fourth-order valence-electron chi connectivity index (χ4n) is 9.34. The highest BCUT2D eigenvalue weighted by atomic mass is 16.7. The maximum absolute atomic E-state index is 7.53. The summed E-state index contributed by atoms with van der Waals surface area (Å²) in [5.74, 6) is 2.92. The zero-order valence-electron chi connectivity index (χ0n) is 45.3. The van der Waals surface area contributed by atoms with Gasteiger partial charge in [0, 0.05) is 24.1 Å². The van der Waals surface area contributed by atoms with Crippen LogP contribution in [0.4, 0.5) is 0 Å². The summed E-state index contributed by atoms with van der Waals surface area (Å²) in [5, 5.41) is 0. The predicted molar refractivity (Wildman–Crippen MR) is 309 cm³/mol. The van der Waals surface area contributed by atoms with Crippen molar-refractivity contribution in [1.82, 2.24) is 0 Å². The van der Waals surface area contributed by atoms with Crippen LogP contribution < -0.4 is 23.7 Å². The molecule has 0 N–H and O–H groups in total. The zero-order chi connectivity index (χ0) is 54.6. The lowest BCUT2D eigenvalue weighted by molar-refractivity contribution is -0.312. The van der Waals surface area contributed by atoms with E-state index in [1.54, 1.807) is 0 Å². The molecule has 0 spiro atoms. The van der Waals surface area contributed by atoms with Crippen LogP contribution in [0.1, 0.15) is 70.0 Å². The van der Waals surface area contributed by atoms with Crippen LogP contribution >= 0.6 is 0 Å². The average molecular weight is 1070 g/mol. The van der Waals surface area contributed by atoms with Crippen molar-refractivity contribution in [3.63, 3.8) is 0 Å². The molecule has 0 radical (unpaired) electrons. The lowest BCUT2D eigenvalue weighted by atomic mass is 9.93. The quantitative estimate of drug-likeness (QED) is 0.0442. The third kappa shape index (κ3) is 16.0. The van der Waals surface area contributed by atoms with E-state index in [1.807, 2.05) is 257 Å². The van der Waals surface area contributed by atoms with E-state index in [9.17, 15) is 0 Å². The van der Waals surface area contributed by atoms with Gasteiger partial charge >= 0.3 is 0 Å². The van der Waals surface area contributed by atoms with E-state index < -0.39 is 30.9 Å². The van der Waals surface area contributed by atoms with Crippen LogP contribution in [0.25, 0.3) is 0 Å². The molecule has 10 heteroatoms. The molecular formula is C70H68O10. The Bertz CT molecular complexity index is 3180. The van der Waals surface area contributed by atoms with Gasteiger partial charge in [-0.25, -0.2) is 0 Å². The third-order valence-corrected chi connectivity index (χ3v) is 13.4. The maximum atomic E-state index is 7.53. The molecule has 80 heavy (non-hydrogen) atoms. The van der Waals surface area contributed by atoms with Gasteiger partial charge < -0.3 is 47.4 Å². The van der Waals surface area contributed by atoms with Crippen LogP contribution in [-0.4, -0.2) is 30.9 Å². The third-order valence-electron chi connectivity index (χ3n) is 13.4. The second-order valence-corrected chi connectivity index (χ2v) is 19.9. The number of rotatable bonds is 28. The van der Waals surface area contributed by atoms with Gasteiger partial charge in [-0.3, -0.25) is 0 Å². The summed E-state index contributed by atoms with van der Waals surface area (Å²) in [4.78, 5) is 0. The van der Waals surface area contributed by atoms with Gasteiger partial charge in [-0.1, -0.05) is 218 Å². The van der Waals surface area contributed by atoms with Crippen LogP contribution in [0.15, 0.2) is 243 Å². The second kappa shape index (κ2) is 28.6. The second-order valence-electron chi connectivity index (χ2n) is 19.9. The molecule has 10 nitrogen and oxygen atoms in total. The Kier molecular flexibility index (Phi) is 19.7. The normalized spacial score (nSPS) is 14.7. The summed E-state index contributed by atoms with van der Waals surface area (Å²) >= 11 is 0. The van der Waals surface area contributed by atoms with Gasteiger partial charge in [0.2, 0.25) is 0 Å². The van der Waals surface area contributed by atoms with Gasteiger partial charge in [0.15, 0.2) is 36.3 Å². The van der Waals surface area contributed by atoms with E-state index in [-0.39, 0.29) is 25.9 Å². The summed E-state index contributed by atoms with van der Waals surface area (Å²) in [6.07, 6.45) is -4.46. The molecule has 10 rings (SSSR count). The summed E-state index contributed by atoms with van der Waals surface area (Å²) < 4.78 is 69.1. The summed E-state index contributed by atoms with van der Waals surface area (Å²) in [7, 11) is 0. The molecule has 0 saturated heterocycles. The molecule has 4 atom stereocenters. The fourth-order valence-corrected chi connectivity index (χ4v) is 9.34. The molecule has 0 saturated carbocycles. The number of hydrogen-bond acceptors (Lipinski definition) is 10. The molecule has 3 unspecified atom stereocenters. The highest BCUT2D eigenvalue weighted by Crippen LogP contribution is 2.46. The minimum Gasteiger partial charge on any atom is -0.489 e. The Morgan fingerprint density at radius 3 is 1.24 bits per heavy atom. The molecule has 1 aliphatic rings. The first-order valence-electron chi connectivity index (χ1n) is 27.4. The van der Waals surface area contributed by atoms with Crippen molar-refractivity contribution in [2.24, 2.45) is 0 Å². The Hall–Kier alpha value is -8.22. The van der Waals surface area contributed by atoms with Crippen LogP contribution in [0, 0.1) is 0 Å². The monoisotopic (exact) mass is 1070 g/mol. The SMILES string of the molecule is CC(C)OC(OC1Cc2c(OCc3ccccc3)cc(OCc3ccccc3)cc2O[C@@H]1c1ccc(OCc2ccccc2)c(OCc2ccccc2)c1)C(OCc1ccccc1)C(OCc1ccccc1)OCc1ccccc1. The average Bonchev–Trinajstić information content (AvgIpc) is 3.69. The fraction of sp³-hybridized carbons (Fsp3) is 0.229. The zero-order valence-corrected chi connectivity index (χ0v) is 45.3. The molecule has 408 valence electrons. The standard InChI is InChI=1S/C70H68O10/c1-51(2)78-70(68(75-48-56-32-18-7-19-33-56)69(76-49-57-34-20-8-21-35-57)77-50-58-36-22-9-23-37-58)80-66-43-61-63(73-46-54-28-14-5-15-29-54)41-60(71-44-52-24-10-3-11-25-52)42-64(61)79-67(66)59-38-39-62(72-45-53-26-12-4-13-27-53)65(40-59)74-47-55-30-16-6-17-31-55/h3-42,51,66-70H,43-50H2,1-2H3/t66?,67-,68?,70?/m1/s1. The molecule has 0 aromatic heterocycles. The smallest absolute Gasteiger partial charge is 0.189 e. The van der Waals surface area contributed by atoms with Crippen molar-refractivity contribution in [3.05, 3.63) is 293 Å². The first-order valence-corrected chi connectivity index (χ1v) is 27.4. The molecule has 1 heterocycles. The maximum Gasteiger partial charge on any atom is 0.189 e. The molecule has 9 aromatic carbocycles. The van der Waals surface area contributed by atoms with E-state index >= 15 is 0 Å². The van der Waals surface area contributed by atoms with Crippen LogP contribution in [-0.2, 0) is 76.4 Å². The molecule has 0 amide bonds. The lowest BCUT2D eigenvalue weighted by Gasteiger charge is -2.40. The van der Waals surface area contributed by atoms with E-state index in [1.165, 1.54) is 0 Å². The van der Waals surface area contributed by atoms with Gasteiger partial charge in [-0.05, 0) is 70.5 Å². The van der Waals surface area contributed by atoms with E-state index in [0.29, 0.717) is 61.6 Å². The van der Waals surface area contributed by atoms with Crippen molar-refractivity contribution in [2.45, 2.75) is 104 Å². The summed E-state index contributed by atoms with van der Waals surface area (Å²) in [6, 6.07) is 80.3. The van der Waals surface area contributed by atoms with E-state index in [4.69, 9.17) is 47.4 Å². The predicted octanol–water partition coefficient (Wildman–Crippen LogP) is 15.2. The van der Waals surface area contributed by atoms with Gasteiger partial charge in [0.05, 0.1) is 25.9 Å². The molecule has 0 bridgehead atoms. The van der Waals surface area contributed by atoms with E-state index in [0.717, 1.165) is 50.1 Å². The van der Waals surface area contributed by atoms with Crippen LogP contribution in [0.2, 0.25) is 0 Å². The van der Waals surface area contributed by atoms with Crippen molar-refractivity contribution in [2.75, 3.05) is 0 Å². The Morgan fingerprint density at radius 1 is 0.388 bits per heavy atom. The first-order chi connectivity index (χ1) is 39.5. The first kappa shape index (κ1) is 55.1. The van der Waals surface area contributed by atoms with Gasteiger partial charge in [0.25, 0.3) is 0 Å². The number of fused-ring (bicyclic) bond motifs is 1. The summed E-state index contributed by atoms with van der Waals surface area (Å²) in [6.45, 7) is 5.97. The molecular weight excluding hydrogens is 1000 g/mol. The molecule has 1 aliphatic heterocycles. The molecule has 0 aliphatic carbocycles. The molecule has 0 fully saturated rings. The highest BCUT2D eigenvalue weighted by molar-refractivity contribution is 5.54. The largest absolute Gasteiger partial charge is 0.489 e. The van der Waals surface area contributed by atoms with Crippen molar-refractivity contribution in [3.8, 4) is 28.7 Å². The van der Waals surface area contributed by atoms with E-state index in [2.05, 4.69) is 0 Å². The minimum atomic E-state index is -1.07. The van der Waals surface area contributed by atoms with Crippen molar-refractivity contribution < 1.29 is 47.4 Å². The Morgan fingerprint density at radius 2 is 0.787 bits per heavy atom. The molecule has 9 aromatic rings. The van der Waals surface area contributed by atoms with Gasteiger partial charge in [0.1, 0.15) is 49.8 Å². The number of ether oxygens (including phenoxy) is 10. The number of benzene rings is 9. The highest BCUT2D eigenvalue weighted by Gasteiger charge is 2.42. The van der Waals surface area contributed by atoms with Crippen LogP contribution in [0.5, 0.6) is 28.7 Å². The Balaban J connectivity index is 1.06. The summed E-state index contributed by atoms with van der Waals surface area (Å²) in [5.41, 5.74) is 8.56. The topological polar surface area (TPSA) is 92.3 Å². The van der Waals surface area contributed by atoms with Gasteiger partial charge in [-0.15, -0.1) is 0 Å². The van der Waals surface area contributed by atoms with Crippen LogP contribution in [0.3, 0.4) is 0 Å². The van der Waals surface area contributed by atoms with Crippen molar-refractivity contribution >= 4 is 0 Å². The minimum absolute atomic E-state index is 0.218. The number of hydrogen-bond donors (Lipinski definition) is 0. The Labute approximate surface area is 470 Å². The lowest BCUT2D eigenvalue weighted by Crippen LogP contribution is -2.49. The van der Waals surface area contributed by atoms with Gasteiger partial charge in [-0.2, -0.15) is 0 Å².